The van der Waals surface area contributed by atoms with Gasteiger partial charge in [0.15, 0.2) is 0 Å². The molecule has 0 fully saturated rings. The lowest BCUT2D eigenvalue weighted by atomic mass is 10.1. The molecule has 0 radical (unpaired) electrons. The predicted octanol–water partition coefficient (Wildman–Crippen LogP) is 2.69. The van der Waals surface area contributed by atoms with Crippen molar-refractivity contribution in [3.63, 3.8) is 0 Å². The largest absolute Gasteiger partial charge is 0.238 e. The van der Waals surface area contributed by atoms with Crippen LogP contribution in [-0.4, -0.2) is 15.3 Å². The van der Waals surface area contributed by atoms with Crippen LogP contribution in [-0.2, 0) is 0 Å². The van der Waals surface area contributed by atoms with Crippen molar-refractivity contribution < 1.29 is 0 Å². The van der Waals surface area contributed by atoms with Crippen LogP contribution in [0.3, 0.4) is 0 Å². The number of aromatic nitrogens is 2. The van der Waals surface area contributed by atoms with E-state index in [-0.39, 0.29) is 5.92 Å². The minimum Gasteiger partial charge on any atom is -0.238 e. The number of rotatable bonds is 2. The van der Waals surface area contributed by atoms with E-state index in [1.807, 2.05) is 11.4 Å². The van der Waals surface area contributed by atoms with Crippen molar-refractivity contribution >= 4 is 37.5 Å². The van der Waals surface area contributed by atoms with Gasteiger partial charge in [-0.25, -0.2) is 9.97 Å². The maximum atomic E-state index is 8.94. The first kappa shape index (κ1) is 9.56. The molecule has 0 amide bonds. The van der Waals surface area contributed by atoms with E-state index in [1.165, 1.54) is 6.33 Å². The van der Waals surface area contributed by atoms with Gasteiger partial charge in [0.25, 0.3) is 0 Å². The average Bonchev–Trinajstić information content (AvgIpc) is 2.68. The molecular formula is C9H6BrN3S. The zero-order chi connectivity index (χ0) is 9.97. The molecule has 0 saturated carbocycles. The lowest BCUT2D eigenvalue weighted by molar-refractivity contribution is 0.945. The zero-order valence-electron chi connectivity index (χ0n) is 7.14. The maximum absolute atomic E-state index is 8.94. The Morgan fingerprint density at radius 2 is 2.43 bits per heavy atom. The molecule has 2 rings (SSSR count). The highest BCUT2D eigenvalue weighted by Crippen LogP contribution is 2.27. The summed E-state index contributed by atoms with van der Waals surface area (Å²) in [6.45, 7) is 0. The SMILES string of the molecule is N#CC(CBr)c1ncnc2ccsc12. The second kappa shape index (κ2) is 4.03. The van der Waals surface area contributed by atoms with Crippen LogP contribution in [0.15, 0.2) is 17.8 Å². The minimum atomic E-state index is -0.195. The van der Waals surface area contributed by atoms with Crippen molar-refractivity contribution in [3.8, 4) is 6.07 Å². The molecule has 70 valence electrons. The molecule has 0 aliphatic rings. The van der Waals surface area contributed by atoms with Crippen molar-refractivity contribution in [2.45, 2.75) is 5.92 Å². The average molecular weight is 268 g/mol. The van der Waals surface area contributed by atoms with Gasteiger partial charge in [-0.3, -0.25) is 0 Å². The number of nitrogens with zero attached hydrogens (tertiary/aromatic N) is 3. The molecule has 3 nitrogen and oxygen atoms in total. The highest BCUT2D eigenvalue weighted by Gasteiger charge is 2.15. The van der Waals surface area contributed by atoms with E-state index in [9.17, 15) is 0 Å². The van der Waals surface area contributed by atoms with Gasteiger partial charge in [-0.15, -0.1) is 11.3 Å². The number of alkyl halides is 1. The number of fused-ring (bicyclic) bond motifs is 1. The summed E-state index contributed by atoms with van der Waals surface area (Å²) in [6, 6.07) is 4.16. The molecule has 14 heavy (non-hydrogen) atoms. The minimum absolute atomic E-state index is 0.195. The molecule has 1 unspecified atom stereocenters. The summed E-state index contributed by atoms with van der Waals surface area (Å²) < 4.78 is 1.01. The molecule has 0 N–H and O–H groups in total. The molecular weight excluding hydrogens is 262 g/mol. The lowest BCUT2D eigenvalue weighted by Crippen LogP contribution is -2.00. The van der Waals surface area contributed by atoms with Crippen molar-refractivity contribution in [1.82, 2.24) is 9.97 Å². The number of hydrogen-bond donors (Lipinski definition) is 0. The Morgan fingerprint density at radius 1 is 1.57 bits per heavy atom. The first-order valence-electron chi connectivity index (χ1n) is 4.00. The van der Waals surface area contributed by atoms with Crippen molar-refractivity contribution in [2.24, 2.45) is 0 Å². The fourth-order valence-corrected chi connectivity index (χ4v) is 2.57. The summed E-state index contributed by atoms with van der Waals surface area (Å²) in [4.78, 5) is 8.30. The van der Waals surface area contributed by atoms with Crippen LogP contribution < -0.4 is 0 Å². The highest BCUT2D eigenvalue weighted by atomic mass is 79.9. The molecule has 2 heterocycles. The van der Waals surface area contributed by atoms with Crippen LogP contribution in [0.2, 0.25) is 0 Å². The van der Waals surface area contributed by atoms with Crippen LogP contribution >= 0.6 is 27.3 Å². The van der Waals surface area contributed by atoms with Gasteiger partial charge in [0.1, 0.15) is 6.33 Å². The van der Waals surface area contributed by atoms with E-state index in [2.05, 4.69) is 32.0 Å². The zero-order valence-corrected chi connectivity index (χ0v) is 9.55. The summed E-state index contributed by atoms with van der Waals surface area (Å²) in [5.41, 5.74) is 1.74. The summed E-state index contributed by atoms with van der Waals surface area (Å²) in [5.74, 6) is -0.195. The Hall–Kier alpha value is -0.990. The van der Waals surface area contributed by atoms with E-state index in [0.717, 1.165) is 15.9 Å². The molecule has 0 aliphatic carbocycles. The first-order valence-corrected chi connectivity index (χ1v) is 6.00. The second-order valence-corrected chi connectivity index (χ2v) is 4.29. The Bertz CT molecular complexity index is 488. The van der Waals surface area contributed by atoms with Gasteiger partial charge in [-0.05, 0) is 11.4 Å². The quantitative estimate of drug-likeness (QED) is 0.787. The van der Waals surface area contributed by atoms with Gasteiger partial charge >= 0.3 is 0 Å². The summed E-state index contributed by atoms with van der Waals surface area (Å²) in [6.07, 6.45) is 1.51. The van der Waals surface area contributed by atoms with Gasteiger partial charge < -0.3 is 0 Å². The summed E-state index contributed by atoms with van der Waals surface area (Å²) >= 11 is 4.88. The van der Waals surface area contributed by atoms with Crippen molar-refractivity contribution in [3.05, 3.63) is 23.5 Å². The third-order valence-electron chi connectivity index (χ3n) is 1.91. The van der Waals surface area contributed by atoms with E-state index in [4.69, 9.17) is 5.26 Å². The van der Waals surface area contributed by atoms with Gasteiger partial charge in [0.05, 0.1) is 27.9 Å². The smallest absolute Gasteiger partial charge is 0.116 e. The number of hydrogen-bond acceptors (Lipinski definition) is 4. The monoisotopic (exact) mass is 267 g/mol. The predicted molar refractivity (Wildman–Crippen MR) is 59.6 cm³/mol. The molecule has 0 spiro atoms. The van der Waals surface area contributed by atoms with Crippen LogP contribution in [0.5, 0.6) is 0 Å². The van der Waals surface area contributed by atoms with Gasteiger partial charge in [0, 0.05) is 5.33 Å². The number of thiophene rings is 1. The van der Waals surface area contributed by atoms with E-state index < -0.39 is 0 Å². The summed E-state index contributed by atoms with van der Waals surface area (Å²) in [7, 11) is 0. The van der Waals surface area contributed by atoms with Crippen LogP contribution in [0, 0.1) is 11.3 Å². The molecule has 5 heteroatoms. The fourth-order valence-electron chi connectivity index (χ4n) is 1.22. The number of nitriles is 1. The topological polar surface area (TPSA) is 49.6 Å². The molecule has 0 bridgehead atoms. The third kappa shape index (κ3) is 1.51. The van der Waals surface area contributed by atoms with Crippen molar-refractivity contribution in [1.29, 1.82) is 5.26 Å². The van der Waals surface area contributed by atoms with Crippen LogP contribution in [0.4, 0.5) is 0 Å². The van der Waals surface area contributed by atoms with Gasteiger partial charge in [0.2, 0.25) is 0 Å². The Kier molecular flexibility index (Phi) is 2.75. The van der Waals surface area contributed by atoms with E-state index in [0.29, 0.717) is 5.33 Å². The second-order valence-electron chi connectivity index (χ2n) is 2.73. The molecule has 2 aromatic rings. The highest BCUT2D eigenvalue weighted by molar-refractivity contribution is 9.09. The normalized spacial score (nSPS) is 12.6. The van der Waals surface area contributed by atoms with E-state index in [1.54, 1.807) is 11.3 Å². The standard InChI is InChI=1S/C9H6BrN3S/c10-3-6(4-11)8-9-7(1-2-14-9)12-5-13-8/h1-2,5-6H,3H2. The third-order valence-corrected chi connectivity index (χ3v) is 3.48. The van der Waals surface area contributed by atoms with Crippen LogP contribution in [0.25, 0.3) is 10.2 Å². The van der Waals surface area contributed by atoms with Crippen LogP contribution in [0.1, 0.15) is 11.6 Å². The molecule has 0 aromatic carbocycles. The first-order chi connectivity index (χ1) is 6.86. The molecule has 1 atom stereocenters. The molecule has 0 aliphatic heterocycles. The molecule has 0 saturated heterocycles. The maximum Gasteiger partial charge on any atom is 0.116 e. The van der Waals surface area contributed by atoms with E-state index >= 15 is 0 Å². The lowest BCUT2D eigenvalue weighted by Gasteiger charge is -2.04. The Balaban J connectivity index is 2.62. The molecule has 2 aromatic heterocycles. The Labute approximate surface area is 93.5 Å². The Morgan fingerprint density at radius 3 is 3.14 bits per heavy atom. The fraction of sp³-hybridized carbons (Fsp3) is 0.222. The summed E-state index contributed by atoms with van der Waals surface area (Å²) in [5, 5.41) is 11.5. The van der Waals surface area contributed by atoms with Crippen molar-refractivity contribution in [2.75, 3.05) is 5.33 Å². The number of halogens is 1. The van der Waals surface area contributed by atoms with Gasteiger partial charge in [-0.1, -0.05) is 15.9 Å². The van der Waals surface area contributed by atoms with Gasteiger partial charge in [-0.2, -0.15) is 5.26 Å².